The van der Waals surface area contributed by atoms with E-state index in [0.717, 1.165) is 16.4 Å². The van der Waals surface area contributed by atoms with Gasteiger partial charge in [0, 0.05) is 31.8 Å². The second-order valence-electron chi connectivity index (χ2n) is 5.64. The minimum atomic E-state index is -3.79. The van der Waals surface area contributed by atoms with E-state index in [0.29, 0.717) is 0 Å². The number of nitro benzene ring substituents is 1. The van der Waals surface area contributed by atoms with Crippen molar-refractivity contribution in [1.82, 2.24) is 15.2 Å². The Bertz CT molecular complexity index is 1050. The topological polar surface area (TPSA) is 139 Å². The van der Waals surface area contributed by atoms with E-state index in [1.54, 1.807) is 0 Å². The van der Waals surface area contributed by atoms with Gasteiger partial charge in [0.05, 0.1) is 20.4 Å². The number of nitro groups is 1. The second-order valence-corrected chi connectivity index (χ2v) is 8.20. The Labute approximate surface area is 165 Å². The number of benzene rings is 2. The van der Waals surface area contributed by atoms with Crippen LogP contribution in [0.15, 0.2) is 47.4 Å². The van der Waals surface area contributed by atoms with Crippen LogP contribution in [0.2, 0.25) is 5.02 Å². The highest BCUT2D eigenvalue weighted by Gasteiger charge is 2.21. The molecule has 0 fully saturated rings. The summed E-state index contributed by atoms with van der Waals surface area (Å²) in [6, 6.07) is 8.47. The van der Waals surface area contributed by atoms with E-state index in [2.05, 4.69) is 10.9 Å². The second kappa shape index (κ2) is 8.33. The zero-order valence-corrected chi connectivity index (χ0v) is 16.2. The predicted octanol–water partition coefficient (Wildman–Crippen LogP) is 1.57. The van der Waals surface area contributed by atoms with Crippen molar-refractivity contribution in [2.45, 2.75) is 4.90 Å². The summed E-state index contributed by atoms with van der Waals surface area (Å²) in [6.07, 6.45) is 0. The Kier molecular flexibility index (Phi) is 6.33. The van der Waals surface area contributed by atoms with Gasteiger partial charge in [0.1, 0.15) is 0 Å². The van der Waals surface area contributed by atoms with Gasteiger partial charge >= 0.3 is 0 Å². The fourth-order valence-corrected chi connectivity index (χ4v) is 3.20. The van der Waals surface area contributed by atoms with E-state index in [1.165, 1.54) is 44.4 Å². The van der Waals surface area contributed by atoms with Crippen molar-refractivity contribution >= 4 is 39.1 Å². The normalized spacial score (nSPS) is 11.1. The van der Waals surface area contributed by atoms with Crippen LogP contribution in [0.4, 0.5) is 5.69 Å². The summed E-state index contributed by atoms with van der Waals surface area (Å²) in [5.41, 5.74) is 3.67. The summed E-state index contributed by atoms with van der Waals surface area (Å²) in [7, 11) is -1.12. The molecule has 0 heterocycles. The van der Waals surface area contributed by atoms with Crippen molar-refractivity contribution in [2.24, 2.45) is 0 Å². The average Bonchev–Trinajstić information content (AvgIpc) is 2.65. The number of carbonyl (C=O) groups excluding carboxylic acids is 2. The zero-order chi connectivity index (χ0) is 21.1. The summed E-state index contributed by atoms with van der Waals surface area (Å²) < 4.78 is 25.3. The first-order valence-electron chi connectivity index (χ1n) is 7.61. The van der Waals surface area contributed by atoms with Gasteiger partial charge < -0.3 is 0 Å². The molecule has 2 aromatic rings. The van der Waals surface area contributed by atoms with Gasteiger partial charge in [0.2, 0.25) is 10.0 Å². The number of amides is 2. The van der Waals surface area contributed by atoms with Crippen LogP contribution in [0.1, 0.15) is 20.7 Å². The molecule has 2 rings (SSSR count). The van der Waals surface area contributed by atoms with Gasteiger partial charge in [-0.25, -0.2) is 12.7 Å². The molecule has 2 amide bonds. The lowest BCUT2D eigenvalue weighted by atomic mass is 10.2. The number of nitrogens with zero attached hydrogens (tertiary/aromatic N) is 2. The van der Waals surface area contributed by atoms with Crippen molar-refractivity contribution < 1.29 is 22.9 Å². The molecule has 0 radical (unpaired) electrons. The molecule has 0 aliphatic rings. The smallest absolute Gasteiger partial charge is 0.267 e. The number of non-ortho nitro benzene ring substituents is 1. The average molecular weight is 427 g/mol. The fourth-order valence-electron chi connectivity index (χ4n) is 2.06. The molecule has 2 N–H and O–H groups in total. The number of sulfonamides is 1. The van der Waals surface area contributed by atoms with Crippen LogP contribution in [-0.4, -0.2) is 43.6 Å². The lowest BCUT2D eigenvalue weighted by Crippen LogP contribution is -2.41. The molecule has 0 aromatic heterocycles. The van der Waals surface area contributed by atoms with Crippen LogP contribution >= 0.6 is 11.6 Å². The van der Waals surface area contributed by atoms with E-state index in [-0.39, 0.29) is 26.7 Å². The molecule has 0 atom stereocenters. The maximum Gasteiger partial charge on any atom is 0.271 e. The quantitative estimate of drug-likeness (QED) is 0.549. The summed E-state index contributed by atoms with van der Waals surface area (Å²) in [6.45, 7) is 0. The van der Waals surface area contributed by atoms with E-state index >= 15 is 0 Å². The van der Waals surface area contributed by atoms with Crippen LogP contribution in [-0.2, 0) is 10.0 Å². The SMILES string of the molecule is CN(C)S(=O)(=O)c1ccc(Cl)c(C(=O)NNC(=O)c2cccc([N+](=O)[O-])c2)c1. The molecular weight excluding hydrogens is 412 g/mol. The third-order valence-electron chi connectivity index (χ3n) is 3.57. The molecule has 148 valence electrons. The molecule has 0 saturated heterocycles. The minimum absolute atomic E-state index is 0.0280. The number of carbonyl (C=O) groups is 2. The largest absolute Gasteiger partial charge is 0.271 e. The highest BCUT2D eigenvalue weighted by Crippen LogP contribution is 2.22. The molecule has 0 aliphatic heterocycles. The van der Waals surface area contributed by atoms with Gasteiger partial charge in [-0.15, -0.1) is 0 Å². The number of hydrogen-bond acceptors (Lipinski definition) is 6. The van der Waals surface area contributed by atoms with Crippen molar-refractivity contribution in [2.75, 3.05) is 14.1 Å². The maximum absolute atomic E-state index is 12.3. The number of halogens is 1. The molecule has 0 unspecified atom stereocenters. The third kappa shape index (κ3) is 4.63. The Morgan fingerprint density at radius 2 is 1.71 bits per heavy atom. The molecule has 12 heteroatoms. The standard InChI is InChI=1S/C16H15ClN4O6S/c1-20(2)28(26,27)12-6-7-14(17)13(9-12)16(23)19-18-15(22)10-4-3-5-11(8-10)21(24)25/h3-9H,1-2H3,(H,18,22)(H,19,23). The van der Waals surface area contributed by atoms with Crippen molar-refractivity contribution in [3.05, 3.63) is 68.7 Å². The van der Waals surface area contributed by atoms with E-state index < -0.39 is 26.8 Å². The Morgan fingerprint density at radius 3 is 2.32 bits per heavy atom. The lowest BCUT2D eigenvalue weighted by Gasteiger charge is -2.13. The van der Waals surface area contributed by atoms with E-state index in [9.17, 15) is 28.1 Å². The van der Waals surface area contributed by atoms with Gasteiger partial charge in [0.25, 0.3) is 17.5 Å². The number of hydrazine groups is 1. The molecule has 10 nitrogen and oxygen atoms in total. The molecule has 28 heavy (non-hydrogen) atoms. The van der Waals surface area contributed by atoms with Crippen LogP contribution in [0.3, 0.4) is 0 Å². The van der Waals surface area contributed by atoms with Crippen LogP contribution in [0.5, 0.6) is 0 Å². The number of rotatable bonds is 5. The number of nitrogens with one attached hydrogen (secondary N) is 2. The monoisotopic (exact) mass is 426 g/mol. The lowest BCUT2D eigenvalue weighted by molar-refractivity contribution is -0.384. The maximum atomic E-state index is 12.3. The molecule has 2 aromatic carbocycles. The Hall–Kier alpha value is -3.02. The van der Waals surface area contributed by atoms with Crippen LogP contribution in [0, 0.1) is 10.1 Å². The number of hydrogen-bond donors (Lipinski definition) is 2. The molecular formula is C16H15ClN4O6S. The molecule has 0 spiro atoms. The van der Waals surface area contributed by atoms with Crippen molar-refractivity contribution in [3.63, 3.8) is 0 Å². The van der Waals surface area contributed by atoms with Gasteiger partial charge in [-0.2, -0.15) is 0 Å². The first kappa shape index (κ1) is 21.3. The van der Waals surface area contributed by atoms with Gasteiger partial charge in [-0.1, -0.05) is 17.7 Å². The summed E-state index contributed by atoms with van der Waals surface area (Å²) >= 11 is 5.95. The highest BCUT2D eigenvalue weighted by molar-refractivity contribution is 7.89. The van der Waals surface area contributed by atoms with E-state index in [1.807, 2.05) is 0 Å². The minimum Gasteiger partial charge on any atom is -0.267 e. The first-order valence-corrected chi connectivity index (χ1v) is 9.43. The fraction of sp³-hybridized carbons (Fsp3) is 0.125. The Morgan fingerprint density at radius 1 is 1.07 bits per heavy atom. The predicted molar refractivity (Wildman–Crippen MR) is 100 cm³/mol. The van der Waals surface area contributed by atoms with Crippen molar-refractivity contribution in [1.29, 1.82) is 0 Å². The van der Waals surface area contributed by atoms with E-state index in [4.69, 9.17) is 11.6 Å². The summed E-state index contributed by atoms with van der Waals surface area (Å²) in [5, 5.41) is 10.7. The van der Waals surface area contributed by atoms with Crippen LogP contribution < -0.4 is 10.9 Å². The van der Waals surface area contributed by atoms with Gasteiger partial charge in [-0.05, 0) is 24.3 Å². The summed E-state index contributed by atoms with van der Waals surface area (Å²) in [5.74, 6) is -1.66. The summed E-state index contributed by atoms with van der Waals surface area (Å²) in [4.78, 5) is 34.3. The third-order valence-corrected chi connectivity index (χ3v) is 5.71. The van der Waals surface area contributed by atoms with Crippen LogP contribution in [0.25, 0.3) is 0 Å². The van der Waals surface area contributed by atoms with Gasteiger partial charge in [0.15, 0.2) is 0 Å². The Balaban J connectivity index is 2.18. The molecule has 0 aliphatic carbocycles. The first-order chi connectivity index (χ1) is 13.0. The highest BCUT2D eigenvalue weighted by atomic mass is 35.5. The van der Waals surface area contributed by atoms with Gasteiger partial charge in [-0.3, -0.25) is 30.6 Å². The molecule has 0 saturated carbocycles. The molecule has 0 bridgehead atoms. The zero-order valence-electron chi connectivity index (χ0n) is 14.7. The van der Waals surface area contributed by atoms with Crippen molar-refractivity contribution in [3.8, 4) is 0 Å².